The van der Waals surface area contributed by atoms with Crippen molar-refractivity contribution >= 4 is 17.5 Å². The Hall–Kier alpha value is -1.07. The summed E-state index contributed by atoms with van der Waals surface area (Å²) in [5.41, 5.74) is 5.35. The zero-order chi connectivity index (χ0) is 12.1. The van der Waals surface area contributed by atoms with E-state index in [0.29, 0.717) is 5.02 Å². The maximum Gasteiger partial charge on any atom is 0.236 e. The Kier molecular flexibility index (Phi) is 4.76. The van der Waals surface area contributed by atoms with Crippen molar-refractivity contribution < 1.29 is 4.79 Å². The number of hydrogen-bond acceptors (Lipinski definition) is 3. The molecule has 1 heterocycles. The molecule has 0 saturated heterocycles. The minimum atomic E-state index is -0.434. The Morgan fingerprint density at radius 2 is 2.44 bits per heavy atom. The summed E-state index contributed by atoms with van der Waals surface area (Å²) in [6.07, 6.45) is 4.15. The monoisotopic (exact) mass is 244 g/mol. The third-order valence-corrected chi connectivity index (χ3v) is 2.59. The molecule has 5 nitrogen and oxygen atoms in total. The molecule has 1 rings (SSSR count). The molecule has 0 aliphatic carbocycles. The van der Waals surface area contributed by atoms with Crippen LogP contribution in [0.3, 0.4) is 0 Å². The van der Waals surface area contributed by atoms with Crippen molar-refractivity contribution in [1.29, 1.82) is 0 Å². The van der Waals surface area contributed by atoms with Crippen LogP contribution in [0.5, 0.6) is 0 Å². The lowest BCUT2D eigenvalue weighted by molar-refractivity contribution is -0.121. The van der Waals surface area contributed by atoms with Crippen LogP contribution < -0.4 is 11.1 Å². The largest absolute Gasteiger partial charge is 0.368 e. The van der Waals surface area contributed by atoms with E-state index < -0.39 is 6.04 Å². The fourth-order valence-corrected chi connectivity index (χ4v) is 1.64. The minimum Gasteiger partial charge on any atom is -0.368 e. The Bertz CT molecular complexity index is 352. The van der Waals surface area contributed by atoms with Gasteiger partial charge < -0.3 is 11.1 Å². The average molecular weight is 245 g/mol. The number of carbonyl (C=O) groups is 1. The quantitative estimate of drug-likeness (QED) is 0.783. The molecule has 90 valence electrons. The number of aromatic nitrogens is 2. The summed E-state index contributed by atoms with van der Waals surface area (Å²) >= 11 is 5.77. The van der Waals surface area contributed by atoms with Gasteiger partial charge in [0.2, 0.25) is 5.91 Å². The predicted octanol–water partition coefficient (Wildman–Crippen LogP) is 0.951. The number of halogens is 1. The van der Waals surface area contributed by atoms with E-state index in [1.165, 1.54) is 6.20 Å². The number of carbonyl (C=O) groups excluding carboxylic acids is 1. The molecule has 1 aromatic rings. The van der Waals surface area contributed by atoms with Gasteiger partial charge >= 0.3 is 0 Å². The van der Waals surface area contributed by atoms with Crippen molar-refractivity contribution in [1.82, 2.24) is 15.1 Å². The van der Waals surface area contributed by atoms with Gasteiger partial charge in [-0.1, -0.05) is 18.5 Å². The maximum atomic E-state index is 11.3. The van der Waals surface area contributed by atoms with Gasteiger partial charge in [0.25, 0.3) is 0 Å². The first-order chi connectivity index (χ1) is 7.56. The predicted molar refractivity (Wildman–Crippen MR) is 63.2 cm³/mol. The summed E-state index contributed by atoms with van der Waals surface area (Å²) in [6.45, 7) is 4.65. The van der Waals surface area contributed by atoms with Crippen molar-refractivity contribution in [3.05, 3.63) is 17.4 Å². The zero-order valence-corrected chi connectivity index (χ0v) is 10.2. The summed E-state index contributed by atoms with van der Waals surface area (Å²) in [6, 6.07) is -0.590. The Morgan fingerprint density at radius 1 is 1.75 bits per heavy atom. The Morgan fingerprint density at radius 3 is 2.88 bits per heavy atom. The van der Waals surface area contributed by atoms with Gasteiger partial charge in [-0.15, -0.1) is 0 Å². The fourth-order valence-electron chi connectivity index (χ4n) is 1.50. The van der Waals surface area contributed by atoms with E-state index in [4.69, 9.17) is 17.3 Å². The molecule has 16 heavy (non-hydrogen) atoms. The second-order valence-electron chi connectivity index (χ2n) is 3.71. The highest BCUT2D eigenvalue weighted by Crippen LogP contribution is 2.14. The van der Waals surface area contributed by atoms with E-state index in [1.54, 1.807) is 10.9 Å². The van der Waals surface area contributed by atoms with Gasteiger partial charge in [0.15, 0.2) is 0 Å². The third kappa shape index (κ3) is 3.21. The lowest BCUT2D eigenvalue weighted by Gasteiger charge is -2.22. The van der Waals surface area contributed by atoms with Crippen LogP contribution in [-0.2, 0) is 4.79 Å². The fraction of sp³-hybridized carbons (Fsp3) is 0.600. The normalized spacial score (nSPS) is 14.7. The molecule has 1 amide bonds. The summed E-state index contributed by atoms with van der Waals surface area (Å²) < 4.78 is 1.64. The van der Waals surface area contributed by atoms with Crippen molar-refractivity contribution in [3.8, 4) is 0 Å². The van der Waals surface area contributed by atoms with Crippen molar-refractivity contribution in [2.75, 3.05) is 6.54 Å². The summed E-state index contributed by atoms with van der Waals surface area (Å²) in [7, 11) is 0. The van der Waals surface area contributed by atoms with Crippen LogP contribution in [0.1, 0.15) is 26.3 Å². The number of rotatable bonds is 6. The van der Waals surface area contributed by atoms with Crippen molar-refractivity contribution in [2.45, 2.75) is 32.4 Å². The Balaban J connectivity index is 2.74. The van der Waals surface area contributed by atoms with Gasteiger partial charge in [0.05, 0.1) is 17.3 Å². The van der Waals surface area contributed by atoms with Crippen LogP contribution in [0.4, 0.5) is 0 Å². The lowest BCUT2D eigenvalue weighted by Crippen LogP contribution is -2.46. The lowest BCUT2D eigenvalue weighted by atomic mass is 10.1. The van der Waals surface area contributed by atoms with E-state index in [0.717, 1.165) is 13.0 Å². The highest BCUT2D eigenvalue weighted by Gasteiger charge is 2.23. The van der Waals surface area contributed by atoms with Crippen molar-refractivity contribution in [3.63, 3.8) is 0 Å². The van der Waals surface area contributed by atoms with Crippen LogP contribution in [0.25, 0.3) is 0 Å². The van der Waals surface area contributed by atoms with Gasteiger partial charge in [0, 0.05) is 6.20 Å². The molecule has 0 spiro atoms. The number of nitrogens with zero attached hydrogens (tertiary/aromatic N) is 2. The number of nitrogens with one attached hydrogen (secondary N) is 1. The summed E-state index contributed by atoms with van der Waals surface area (Å²) in [4.78, 5) is 11.3. The van der Waals surface area contributed by atoms with Gasteiger partial charge in [-0.25, -0.2) is 0 Å². The molecule has 0 aliphatic heterocycles. The molecular weight excluding hydrogens is 228 g/mol. The second-order valence-corrected chi connectivity index (χ2v) is 4.15. The van der Waals surface area contributed by atoms with Gasteiger partial charge in [0.1, 0.15) is 6.04 Å². The second kappa shape index (κ2) is 5.86. The molecule has 0 bridgehead atoms. The molecule has 2 unspecified atom stereocenters. The highest BCUT2D eigenvalue weighted by atomic mass is 35.5. The SMILES string of the molecule is CCCNC(C(N)=O)C(C)n1cc(Cl)cn1. The van der Waals surface area contributed by atoms with E-state index in [-0.39, 0.29) is 11.9 Å². The number of amides is 1. The molecule has 0 saturated carbocycles. The molecule has 1 aromatic heterocycles. The first-order valence-corrected chi connectivity index (χ1v) is 5.66. The third-order valence-electron chi connectivity index (χ3n) is 2.39. The van der Waals surface area contributed by atoms with E-state index in [2.05, 4.69) is 10.4 Å². The molecule has 0 aliphatic rings. The minimum absolute atomic E-state index is 0.156. The first kappa shape index (κ1) is 13.0. The van der Waals surface area contributed by atoms with Crippen LogP contribution >= 0.6 is 11.6 Å². The molecular formula is C10H17ClN4O. The van der Waals surface area contributed by atoms with Gasteiger partial charge in [-0.2, -0.15) is 5.10 Å². The van der Waals surface area contributed by atoms with Crippen molar-refractivity contribution in [2.24, 2.45) is 5.73 Å². The molecule has 3 N–H and O–H groups in total. The molecule has 0 radical (unpaired) electrons. The molecule has 0 aromatic carbocycles. The van der Waals surface area contributed by atoms with E-state index >= 15 is 0 Å². The van der Waals surface area contributed by atoms with Gasteiger partial charge in [-0.3, -0.25) is 9.48 Å². The number of nitrogens with two attached hydrogens (primary N) is 1. The summed E-state index contributed by atoms with van der Waals surface area (Å²) in [5, 5.41) is 7.71. The standard InChI is InChI=1S/C10H17ClN4O/c1-3-4-13-9(10(12)16)7(2)15-6-8(11)5-14-15/h5-7,9,13H,3-4H2,1-2H3,(H2,12,16). The Labute approximate surface area is 99.9 Å². The van der Waals surface area contributed by atoms with Gasteiger partial charge in [-0.05, 0) is 19.9 Å². The van der Waals surface area contributed by atoms with Crippen LogP contribution in [0, 0.1) is 0 Å². The topological polar surface area (TPSA) is 72.9 Å². The van der Waals surface area contributed by atoms with Crippen LogP contribution in [0.2, 0.25) is 5.02 Å². The van der Waals surface area contributed by atoms with Crippen LogP contribution in [-0.4, -0.2) is 28.3 Å². The van der Waals surface area contributed by atoms with Crippen LogP contribution in [0.15, 0.2) is 12.4 Å². The summed E-state index contributed by atoms with van der Waals surface area (Å²) in [5.74, 6) is -0.382. The first-order valence-electron chi connectivity index (χ1n) is 5.28. The molecule has 0 fully saturated rings. The molecule has 6 heteroatoms. The zero-order valence-electron chi connectivity index (χ0n) is 9.48. The molecule has 2 atom stereocenters. The number of primary amides is 1. The smallest absolute Gasteiger partial charge is 0.236 e. The number of hydrogen-bond donors (Lipinski definition) is 2. The average Bonchev–Trinajstić information content (AvgIpc) is 2.64. The highest BCUT2D eigenvalue weighted by molar-refractivity contribution is 6.30. The van der Waals surface area contributed by atoms with E-state index in [1.807, 2.05) is 13.8 Å². The van der Waals surface area contributed by atoms with E-state index in [9.17, 15) is 4.79 Å². The maximum absolute atomic E-state index is 11.3.